The minimum Gasteiger partial charge on any atom is -0.387 e. The average Bonchev–Trinajstić information content (AvgIpc) is 3.16. The van der Waals surface area contributed by atoms with Crippen LogP contribution in [0.25, 0.3) is 0 Å². The highest BCUT2D eigenvalue weighted by Crippen LogP contribution is 2.65. The van der Waals surface area contributed by atoms with Crippen LogP contribution in [0.15, 0.2) is 18.3 Å². The van der Waals surface area contributed by atoms with E-state index in [9.17, 15) is 18.3 Å². The molecule has 0 aromatic carbocycles. The predicted octanol–water partition coefficient (Wildman–Crippen LogP) is 6.93. The molecule has 4 aliphatic carbocycles. The van der Waals surface area contributed by atoms with Crippen molar-refractivity contribution in [2.75, 3.05) is 13.7 Å². The standard InChI is InChI=1S/C29H42F3NO2/c1-18(14-19-4-9-26(33-16-19)29(30,31)32)24-7-8-25-23-6-5-20-15-28(34,17-35-3)13-11-21(20)22(23)10-12-27(24,25)2/h4,9,16,18,20-25,34H,5-8,10-15,17H2,1-3H3/t18-,20+,21-,22+,23+,24+,25-,27+,28+/m0/s1. The van der Waals surface area contributed by atoms with Gasteiger partial charge in [0.05, 0.1) is 12.2 Å². The first-order chi connectivity index (χ1) is 16.5. The lowest BCUT2D eigenvalue weighted by Gasteiger charge is -2.57. The normalized spacial score (nSPS) is 42.1. The summed E-state index contributed by atoms with van der Waals surface area (Å²) in [6.07, 6.45) is 8.38. The molecular weight excluding hydrogens is 451 g/mol. The molecule has 4 saturated carbocycles. The summed E-state index contributed by atoms with van der Waals surface area (Å²) < 4.78 is 44.0. The summed E-state index contributed by atoms with van der Waals surface area (Å²) in [4.78, 5) is 3.69. The van der Waals surface area contributed by atoms with Crippen molar-refractivity contribution in [3.8, 4) is 0 Å². The number of pyridine rings is 1. The van der Waals surface area contributed by atoms with Crippen molar-refractivity contribution in [2.45, 2.75) is 89.8 Å². The zero-order valence-corrected chi connectivity index (χ0v) is 21.5. The highest BCUT2D eigenvalue weighted by Gasteiger charge is 2.58. The Bertz CT molecular complexity index is 889. The molecule has 1 aromatic rings. The first-order valence-electron chi connectivity index (χ1n) is 13.8. The fourth-order valence-electron chi connectivity index (χ4n) is 9.56. The van der Waals surface area contributed by atoms with Gasteiger partial charge in [0.2, 0.25) is 0 Å². The lowest BCUT2D eigenvalue weighted by molar-refractivity contribution is -0.141. The largest absolute Gasteiger partial charge is 0.433 e. The molecule has 5 rings (SSSR count). The van der Waals surface area contributed by atoms with Gasteiger partial charge >= 0.3 is 6.18 Å². The fraction of sp³-hybridized carbons (Fsp3) is 0.828. The van der Waals surface area contributed by atoms with Gasteiger partial charge in [-0.15, -0.1) is 0 Å². The molecule has 3 nitrogen and oxygen atoms in total. The molecule has 0 saturated heterocycles. The van der Waals surface area contributed by atoms with Crippen molar-refractivity contribution >= 4 is 0 Å². The number of hydrogen-bond donors (Lipinski definition) is 1. The van der Waals surface area contributed by atoms with Gasteiger partial charge in [-0.25, -0.2) is 0 Å². The number of aromatic nitrogens is 1. The molecular formula is C29H42F3NO2. The number of alkyl halides is 3. The number of halogens is 3. The molecule has 0 aliphatic heterocycles. The lowest BCUT2D eigenvalue weighted by Crippen LogP contribution is -2.52. The number of rotatable bonds is 5. The Morgan fingerprint density at radius 1 is 1.06 bits per heavy atom. The van der Waals surface area contributed by atoms with Crippen LogP contribution in [0.4, 0.5) is 13.2 Å². The molecule has 196 valence electrons. The Morgan fingerprint density at radius 2 is 1.83 bits per heavy atom. The van der Waals surface area contributed by atoms with Gasteiger partial charge in [0.25, 0.3) is 0 Å². The Hall–Kier alpha value is -1.14. The van der Waals surface area contributed by atoms with E-state index in [1.54, 1.807) is 13.2 Å². The van der Waals surface area contributed by atoms with Crippen molar-refractivity contribution in [1.29, 1.82) is 0 Å². The van der Waals surface area contributed by atoms with Crippen LogP contribution in [0.5, 0.6) is 0 Å². The van der Waals surface area contributed by atoms with Crippen molar-refractivity contribution in [3.05, 3.63) is 29.6 Å². The second kappa shape index (κ2) is 9.31. The summed E-state index contributed by atoms with van der Waals surface area (Å²) in [6.45, 7) is 5.28. The molecule has 1 heterocycles. The van der Waals surface area contributed by atoms with Crippen LogP contribution in [0.2, 0.25) is 0 Å². The minimum atomic E-state index is -4.38. The number of hydrogen-bond acceptors (Lipinski definition) is 3. The van der Waals surface area contributed by atoms with Crippen molar-refractivity contribution < 1.29 is 23.0 Å². The number of methoxy groups -OCH3 is 1. The number of aliphatic hydroxyl groups is 1. The molecule has 1 N–H and O–H groups in total. The summed E-state index contributed by atoms with van der Waals surface area (Å²) >= 11 is 0. The molecule has 0 spiro atoms. The van der Waals surface area contributed by atoms with Gasteiger partial charge in [0.1, 0.15) is 5.69 Å². The minimum absolute atomic E-state index is 0.332. The third kappa shape index (κ3) is 4.67. The highest BCUT2D eigenvalue weighted by atomic mass is 19.4. The predicted molar refractivity (Wildman–Crippen MR) is 130 cm³/mol. The van der Waals surface area contributed by atoms with E-state index in [0.29, 0.717) is 29.8 Å². The number of fused-ring (bicyclic) bond motifs is 5. The fourth-order valence-corrected chi connectivity index (χ4v) is 9.56. The molecule has 0 amide bonds. The lowest BCUT2D eigenvalue weighted by atomic mass is 9.48. The summed E-state index contributed by atoms with van der Waals surface area (Å²) in [7, 11) is 1.69. The van der Waals surface area contributed by atoms with Crippen LogP contribution in [-0.4, -0.2) is 29.4 Å². The van der Waals surface area contributed by atoms with E-state index >= 15 is 0 Å². The quantitative estimate of drug-likeness (QED) is 0.484. The van der Waals surface area contributed by atoms with E-state index in [0.717, 1.165) is 61.0 Å². The third-order valence-electron chi connectivity index (χ3n) is 11.0. The van der Waals surface area contributed by atoms with E-state index in [4.69, 9.17) is 4.74 Å². The third-order valence-corrected chi connectivity index (χ3v) is 11.0. The van der Waals surface area contributed by atoms with Crippen LogP contribution >= 0.6 is 0 Å². The molecule has 0 unspecified atom stereocenters. The van der Waals surface area contributed by atoms with Crippen LogP contribution in [0.3, 0.4) is 0 Å². The zero-order chi connectivity index (χ0) is 25.0. The zero-order valence-electron chi connectivity index (χ0n) is 21.5. The smallest absolute Gasteiger partial charge is 0.387 e. The van der Waals surface area contributed by atoms with Gasteiger partial charge < -0.3 is 9.84 Å². The maximum absolute atomic E-state index is 12.9. The molecule has 6 heteroatoms. The summed E-state index contributed by atoms with van der Waals surface area (Å²) in [5.74, 6) is 4.81. The van der Waals surface area contributed by atoms with E-state index in [1.165, 1.54) is 44.7 Å². The van der Waals surface area contributed by atoms with Gasteiger partial charge in [-0.1, -0.05) is 19.9 Å². The maximum Gasteiger partial charge on any atom is 0.433 e. The summed E-state index contributed by atoms with van der Waals surface area (Å²) in [5, 5.41) is 11.0. The van der Waals surface area contributed by atoms with Gasteiger partial charge in [-0.05, 0) is 123 Å². The molecule has 0 radical (unpaired) electrons. The first-order valence-corrected chi connectivity index (χ1v) is 13.8. The second-order valence-corrected chi connectivity index (χ2v) is 12.8. The SMILES string of the molecule is COC[C@@]1(O)CC[C@H]2[C@H](CC[C@@H]3[C@@H]2CC[C@]2(C)[C@@H]([C@@H](C)Cc4ccc(C(F)(F)F)nc4)CC[C@@H]32)C1. The Kier molecular flexibility index (Phi) is 6.78. The van der Waals surface area contributed by atoms with Gasteiger partial charge in [0, 0.05) is 13.3 Å². The van der Waals surface area contributed by atoms with Gasteiger partial charge in [-0.3, -0.25) is 4.98 Å². The monoisotopic (exact) mass is 493 g/mol. The van der Waals surface area contributed by atoms with Crippen molar-refractivity contribution in [3.63, 3.8) is 0 Å². The summed E-state index contributed by atoms with van der Waals surface area (Å²) in [6, 6.07) is 2.75. The molecule has 4 aliphatic rings. The number of nitrogens with zero attached hydrogens (tertiary/aromatic N) is 1. The molecule has 35 heavy (non-hydrogen) atoms. The molecule has 0 bridgehead atoms. The Balaban J connectivity index is 1.25. The topological polar surface area (TPSA) is 42.4 Å². The van der Waals surface area contributed by atoms with E-state index in [2.05, 4.69) is 18.8 Å². The summed E-state index contributed by atoms with van der Waals surface area (Å²) in [5.41, 5.74) is -0.192. The first kappa shape index (κ1) is 25.5. The van der Waals surface area contributed by atoms with Crippen LogP contribution < -0.4 is 0 Å². The van der Waals surface area contributed by atoms with Crippen molar-refractivity contribution in [2.24, 2.45) is 46.8 Å². The Labute approximate surface area is 208 Å². The van der Waals surface area contributed by atoms with Gasteiger partial charge in [0.15, 0.2) is 0 Å². The van der Waals surface area contributed by atoms with Gasteiger partial charge in [-0.2, -0.15) is 13.2 Å². The maximum atomic E-state index is 12.9. The molecule has 1 aromatic heterocycles. The Morgan fingerprint density at radius 3 is 2.51 bits per heavy atom. The van der Waals surface area contributed by atoms with Crippen LogP contribution in [-0.2, 0) is 17.3 Å². The van der Waals surface area contributed by atoms with Crippen LogP contribution in [0, 0.1) is 46.8 Å². The second-order valence-electron chi connectivity index (χ2n) is 12.8. The van der Waals surface area contributed by atoms with E-state index in [1.807, 2.05) is 0 Å². The molecule has 4 fully saturated rings. The number of ether oxygens (including phenoxy) is 1. The molecule has 9 atom stereocenters. The van der Waals surface area contributed by atoms with Crippen molar-refractivity contribution in [1.82, 2.24) is 4.98 Å². The van der Waals surface area contributed by atoms with E-state index < -0.39 is 17.5 Å². The van der Waals surface area contributed by atoms with E-state index in [-0.39, 0.29) is 0 Å². The average molecular weight is 494 g/mol. The highest BCUT2D eigenvalue weighted by molar-refractivity contribution is 5.17. The van der Waals surface area contributed by atoms with Crippen LogP contribution in [0.1, 0.15) is 82.9 Å².